The molecule has 0 bridgehead atoms. The van der Waals surface area contributed by atoms with Gasteiger partial charge in [-0.15, -0.1) is 0 Å². The number of nitrogens with zero attached hydrogens (tertiary/aromatic N) is 6. The molecule has 0 spiro atoms. The Balaban J connectivity index is 1.44. The van der Waals surface area contributed by atoms with Gasteiger partial charge in [-0.25, -0.2) is 15.0 Å². The molecule has 1 amide bonds. The number of carbonyl (C=O) groups excluding carboxylic acids is 1. The molecule has 0 radical (unpaired) electrons. The van der Waals surface area contributed by atoms with Crippen LogP contribution in [0.3, 0.4) is 0 Å². The minimum Gasteiger partial charge on any atom is -0.348 e. The lowest BCUT2D eigenvalue weighted by atomic mass is 9.89. The van der Waals surface area contributed by atoms with Crippen molar-refractivity contribution in [1.29, 1.82) is 0 Å². The number of likely N-dealkylation sites (N-methyl/N-ethyl adjacent to an activating group) is 1. The third kappa shape index (κ3) is 5.09. The molecule has 2 aromatic rings. The quantitative estimate of drug-likeness (QED) is 0.768. The highest BCUT2D eigenvalue weighted by Gasteiger charge is 2.35. The average Bonchev–Trinajstić information content (AvgIpc) is 3.20. The van der Waals surface area contributed by atoms with E-state index in [1.165, 1.54) is 17.1 Å². The van der Waals surface area contributed by atoms with Gasteiger partial charge in [0.05, 0.1) is 12.5 Å². The fraction of sp³-hybridized carbons (Fsp3) is 0.619. The van der Waals surface area contributed by atoms with Crippen LogP contribution in [0.15, 0.2) is 18.6 Å². The molecule has 0 aromatic carbocycles. The number of carbonyl (C=O) groups is 1. The van der Waals surface area contributed by atoms with Gasteiger partial charge in [0.15, 0.2) is 5.82 Å². The molecule has 0 unspecified atom stereocenters. The van der Waals surface area contributed by atoms with E-state index in [1.807, 2.05) is 0 Å². The number of hydrogen-bond donors (Lipinski definition) is 1. The van der Waals surface area contributed by atoms with Gasteiger partial charge in [-0.1, -0.05) is 0 Å². The molecule has 3 heterocycles. The molecule has 2 aromatic heterocycles. The summed E-state index contributed by atoms with van der Waals surface area (Å²) in [5, 5.41) is 2.89. The zero-order valence-corrected chi connectivity index (χ0v) is 18.3. The first-order chi connectivity index (χ1) is 15.2. The van der Waals surface area contributed by atoms with Gasteiger partial charge in [0, 0.05) is 51.4 Å². The van der Waals surface area contributed by atoms with E-state index in [-0.39, 0.29) is 17.6 Å². The summed E-state index contributed by atoms with van der Waals surface area (Å²) in [6.45, 7) is 4.22. The Bertz CT molecular complexity index is 945. The van der Waals surface area contributed by atoms with Gasteiger partial charge < -0.3 is 14.8 Å². The van der Waals surface area contributed by atoms with Crippen LogP contribution in [-0.4, -0.2) is 80.5 Å². The van der Waals surface area contributed by atoms with Crippen molar-refractivity contribution in [2.45, 2.75) is 43.9 Å². The smallest absolute Gasteiger partial charge is 0.348 e. The second-order valence-corrected chi connectivity index (χ2v) is 8.67. The predicted molar refractivity (Wildman–Crippen MR) is 112 cm³/mol. The highest BCUT2D eigenvalue weighted by molar-refractivity contribution is 5.93. The SMILES string of the molecule is CN1CCN(C2CCC(NC(=O)c3cc(C(F)(F)F)nc(-c4cncn4C)n3)CC2)CC1. The summed E-state index contributed by atoms with van der Waals surface area (Å²) in [7, 11) is 3.76. The minimum atomic E-state index is -4.69. The summed E-state index contributed by atoms with van der Waals surface area (Å²) >= 11 is 0. The summed E-state index contributed by atoms with van der Waals surface area (Å²) in [5.41, 5.74) is -1.13. The fourth-order valence-electron chi connectivity index (χ4n) is 4.43. The minimum absolute atomic E-state index is 0.0735. The van der Waals surface area contributed by atoms with Crippen molar-refractivity contribution in [3.05, 3.63) is 30.0 Å². The molecule has 1 saturated carbocycles. The zero-order valence-electron chi connectivity index (χ0n) is 18.3. The molecule has 2 fully saturated rings. The predicted octanol–water partition coefficient (Wildman–Crippen LogP) is 2.18. The van der Waals surface area contributed by atoms with E-state index in [1.54, 1.807) is 7.05 Å². The highest BCUT2D eigenvalue weighted by atomic mass is 19.4. The molecule has 8 nitrogen and oxygen atoms in total. The third-order valence-electron chi connectivity index (χ3n) is 6.38. The first-order valence-corrected chi connectivity index (χ1v) is 10.9. The topological polar surface area (TPSA) is 79.2 Å². The molecule has 2 aliphatic rings. The van der Waals surface area contributed by atoms with E-state index in [0.717, 1.165) is 51.9 Å². The van der Waals surface area contributed by atoms with Gasteiger partial charge in [-0.3, -0.25) is 9.69 Å². The third-order valence-corrected chi connectivity index (χ3v) is 6.38. The van der Waals surface area contributed by atoms with Gasteiger partial charge in [0.1, 0.15) is 17.1 Å². The summed E-state index contributed by atoms with van der Waals surface area (Å²) in [6.07, 6.45) is 1.66. The Labute approximate surface area is 184 Å². The molecule has 4 rings (SSSR count). The van der Waals surface area contributed by atoms with Crippen LogP contribution < -0.4 is 5.32 Å². The lowest BCUT2D eigenvalue weighted by molar-refractivity contribution is -0.141. The van der Waals surface area contributed by atoms with Crippen molar-refractivity contribution >= 4 is 5.91 Å². The molecule has 1 saturated heterocycles. The van der Waals surface area contributed by atoms with Crippen molar-refractivity contribution in [2.24, 2.45) is 7.05 Å². The van der Waals surface area contributed by atoms with Crippen LogP contribution in [0.2, 0.25) is 0 Å². The van der Waals surface area contributed by atoms with Crippen molar-refractivity contribution < 1.29 is 18.0 Å². The van der Waals surface area contributed by atoms with Gasteiger partial charge in [-0.2, -0.15) is 13.2 Å². The molecule has 1 aliphatic carbocycles. The maximum Gasteiger partial charge on any atom is 0.433 e. The van der Waals surface area contributed by atoms with E-state index < -0.39 is 17.8 Å². The molecule has 0 atom stereocenters. The zero-order chi connectivity index (χ0) is 22.9. The monoisotopic (exact) mass is 451 g/mol. The number of rotatable bonds is 4. The van der Waals surface area contributed by atoms with E-state index in [2.05, 4.69) is 37.1 Å². The Morgan fingerprint density at radius 3 is 2.34 bits per heavy atom. The van der Waals surface area contributed by atoms with Crippen LogP contribution in [0.5, 0.6) is 0 Å². The number of halogens is 3. The maximum atomic E-state index is 13.4. The van der Waals surface area contributed by atoms with Crippen molar-refractivity contribution in [2.75, 3.05) is 33.2 Å². The number of hydrogen-bond acceptors (Lipinski definition) is 6. The molecule has 174 valence electrons. The van der Waals surface area contributed by atoms with Gasteiger partial charge >= 0.3 is 6.18 Å². The molecule has 1 aliphatic heterocycles. The Hall–Kier alpha value is -2.53. The Morgan fingerprint density at radius 1 is 1.06 bits per heavy atom. The normalized spacial score (nSPS) is 23.3. The molecular formula is C21H28F3N7O. The fourth-order valence-corrected chi connectivity index (χ4v) is 4.43. The van der Waals surface area contributed by atoms with Crippen molar-refractivity contribution in [3.8, 4) is 11.5 Å². The van der Waals surface area contributed by atoms with Gasteiger partial charge in [-0.05, 0) is 32.7 Å². The average molecular weight is 451 g/mol. The summed E-state index contributed by atoms with van der Waals surface area (Å²) < 4.78 is 41.7. The first-order valence-electron chi connectivity index (χ1n) is 10.9. The van der Waals surface area contributed by atoms with E-state index in [4.69, 9.17) is 0 Å². The second kappa shape index (κ2) is 9.14. The lowest BCUT2D eigenvalue weighted by Crippen LogP contribution is -2.51. The van der Waals surface area contributed by atoms with E-state index >= 15 is 0 Å². The lowest BCUT2D eigenvalue weighted by Gasteiger charge is -2.41. The van der Waals surface area contributed by atoms with Crippen molar-refractivity contribution in [3.63, 3.8) is 0 Å². The highest BCUT2D eigenvalue weighted by Crippen LogP contribution is 2.30. The van der Waals surface area contributed by atoms with E-state index in [0.29, 0.717) is 17.8 Å². The number of imidazole rings is 1. The van der Waals surface area contributed by atoms with Crippen LogP contribution in [0.25, 0.3) is 11.5 Å². The van der Waals surface area contributed by atoms with Crippen LogP contribution in [0.4, 0.5) is 13.2 Å². The molecule has 32 heavy (non-hydrogen) atoms. The first kappa shape index (κ1) is 22.7. The Morgan fingerprint density at radius 2 is 1.75 bits per heavy atom. The van der Waals surface area contributed by atoms with E-state index in [9.17, 15) is 18.0 Å². The van der Waals surface area contributed by atoms with Crippen molar-refractivity contribution in [1.82, 2.24) is 34.6 Å². The number of amides is 1. The van der Waals surface area contributed by atoms with Crippen LogP contribution in [0.1, 0.15) is 41.9 Å². The summed E-state index contributed by atoms with van der Waals surface area (Å²) in [6, 6.07) is 1.14. The Kier molecular flexibility index (Phi) is 6.47. The number of alkyl halides is 3. The molecule has 11 heteroatoms. The largest absolute Gasteiger partial charge is 0.433 e. The number of piperazine rings is 1. The molecule has 1 N–H and O–H groups in total. The second-order valence-electron chi connectivity index (χ2n) is 8.67. The number of aromatic nitrogens is 4. The maximum absolute atomic E-state index is 13.4. The van der Waals surface area contributed by atoms with Crippen LogP contribution >= 0.6 is 0 Å². The van der Waals surface area contributed by atoms with Crippen LogP contribution in [0, 0.1) is 0 Å². The van der Waals surface area contributed by atoms with Gasteiger partial charge in [0.2, 0.25) is 0 Å². The van der Waals surface area contributed by atoms with Gasteiger partial charge in [0.25, 0.3) is 5.91 Å². The van der Waals surface area contributed by atoms with Crippen LogP contribution in [-0.2, 0) is 13.2 Å². The summed E-state index contributed by atoms with van der Waals surface area (Å²) in [4.78, 5) is 29.3. The number of aryl methyl sites for hydroxylation is 1. The standard InChI is InChI=1S/C21H28F3N7O/c1-29-7-9-31(10-8-29)15-5-3-14(4-6-15)26-20(32)16-11-18(21(22,23)24)28-19(27-16)17-12-25-13-30(17)2/h11-15H,3-10H2,1-2H3,(H,26,32). The number of nitrogens with one attached hydrogen (secondary N) is 1. The summed E-state index contributed by atoms with van der Waals surface area (Å²) in [5.74, 6) is -0.784. The molecular weight excluding hydrogens is 423 g/mol.